The topological polar surface area (TPSA) is 296 Å². The predicted molar refractivity (Wildman–Crippen MR) is 388 cm³/mol. The second-order valence-electron chi connectivity index (χ2n) is 31.3. The molecule has 0 spiro atoms. The Morgan fingerprint density at radius 1 is 0.500 bits per heavy atom. The summed E-state index contributed by atoms with van der Waals surface area (Å²) in [7, 11) is 2.29. The van der Waals surface area contributed by atoms with Crippen LogP contribution in [0.25, 0.3) is 44.1 Å². The van der Waals surface area contributed by atoms with Crippen molar-refractivity contribution in [2.45, 2.75) is 143 Å². The van der Waals surface area contributed by atoms with E-state index in [-0.39, 0.29) is 46.3 Å². The molecule has 8 aromatic rings. The molecule has 8 aliphatic rings. The first-order chi connectivity index (χ1) is 46.0. The van der Waals surface area contributed by atoms with E-state index in [1.54, 1.807) is 47.8 Å². The molecule has 16 rings (SSSR count). The van der Waals surface area contributed by atoms with E-state index in [0.29, 0.717) is 73.5 Å². The number of hydrogen-bond donors (Lipinski definition) is 5. The van der Waals surface area contributed by atoms with Crippen LogP contribution >= 0.6 is 12.4 Å². The molecule has 4 aliphatic carbocycles. The van der Waals surface area contributed by atoms with E-state index in [0.717, 1.165) is 131 Å². The molecule has 1 amide bonds. The maximum absolute atomic E-state index is 12.5. The van der Waals surface area contributed by atoms with E-state index < -0.39 is 25.6 Å². The maximum atomic E-state index is 12.5. The first-order valence-corrected chi connectivity index (χ1v) is 37.9. The van der Waals surface area contributed by atoms with Crippen LogP contribution in [0.1, 0.15) is 114 Å². The van der Waals surface area contributed by atoms with Crippen LogP contribution < -0.4 is 24.9 Å². The Kier molecular flexibility index (Phi) is 19.4. The van der Waals surface area contributed by atoms with E-state index in [2.05, 4.69) is 147 Å². The predicted octanol–water partition coefficient (Wildman–Crippen LogP) is 9.32. The normalized spacial score (nSPS) is 29.7. The lowest BCUT2D eigenvalue weighted by Gasteiger charge is -2.30. The molecule has 4 aliphatic heterocycles. The number of sulfonamides is 2. The van der Waals surface area contributed by atoms with Gasteiger partial charge in [-0.2, -0.15) is 0 Å². The summed E-state index contributed by atoms with van der Waals surface area (Å²) in [5, 5.41) is 7.77. The van der Waals surface area contributed by atoms with Crippen LogP contribution in [0, 0.1) is 45.3 Å². The number of fused-ring (bicyclic) bond motifs is 8. The number of aromatic amines is 4. The van der Waals surface area contributed by atoms with Crippen molar-refractivity contribution < 1.29 is 26.4 Å². The van der Waals surface area contributed by atoms with Crippen molar-refractivity contribution in [2.24, 2.45) is 45.3 Å². The van der Waals surface area contributed by atoms with Crippen LogP contribution in [0.4, 0.5) is 28.1 Å². The average Bonchev–Trinajstić information content (AvgIpc) is 1.61. The van der Waals surface area contributed by atoms with Crippen LogP contribution in [-0.2, 0) is 24.8 Å². The molecule has 12 heterocycles. The zero-order valence-electron chi connectivity index (χ0n) is 59.2. The monoisotopic (exact) mass is 1400 g/mol. The number of carbonyl (C=O) groups excluding carboxylic acids is 1. The van der Waals surface area contributed by atoms with Gasteiger partial charge < -0.3 is 54.5 Å². The van der Waals surface area contributed by atoms with Gasteiger partial charge >= 0.3 is 6.09 Å². The van der Waals surface area contributed by atoms with Gasteiger partial charge in [0.15, 0.2) is 0 Å². The fourth-order valence-corrected chi connectivity index (χ4v) is 20.6. The summed E-state index contributed by atoms with van der Waals surface area (Å²) in [5.41, 5.74) is 3.72. The molecule has 8 aromatic heterocycles. The molecule has 5 N–H and O–H groups in total. The van der Waals surface area contributed by atoms with Crippen molar-refractivity contribution in [1.82, 2.24) is 78.6 Å². The maximum Gasteiger partial charge on any atom is 0.410 e. The number of aromatic nitrogens is 12. The highest BCUT2D eigenvalue weighted by atomic mass is 35.5. The molecule has 0 bridgehead atoms. The molecule has 4 saturated carbocycles. The summed E-state index contributed by atoms with van der Waals surface area (Å²) >= 11 is 0. The van der Waals surface area contributed by atoms with Crippen LogP contribution in [0.3, 0.4) is 0 Å². The Morgan fingerprint density at radius 2 is 0.816 bits per heavy atom. The molecule has 29 heteroatoms. The lowest BCUT2D eigenvalue weighted by atomic mass is 9.83. The van der Waals surface area contributed by atoms with Gasteiger partial charge in [0.25, 0.3) is 0 Å². The van der Waals surface area contributed by atoms with Gasteiger partial charge in [-0.15, -0.1) is 12.4 Å². The van der Waals surface area contributed by atoms with Gasteiger partial charge in [-0.1, -0.05) is 27.7 Å². The Morgan fingerprint density at radius 3 is 1.12 bits per heavy atom. The van der Waals surface area contributed by atoms with Crippen molar-refractivity contribution in [2.75, 3.05) is 112 Å². The van der Waals surface area contributed by atoms with Gasteiger partial charge in [0.1, 0.15) is 76.8 Å². The van der Waals surface area contributed by atoms with E-state index in [1.807, 2.05) is 68.7 Å². The van der Waals surface area contributed by atoms with Crippen LogP contribution in [-0.4, -0.2) is 218 Å². The Balaban J connectivity index is 0.000000124. The highest BCUT2D eigenvalue weighted by Crippen LogP contribution is 2.54. The number of ether oxygens (including phenoxy) is 1. The number of nitrogens with zero attached hydrogens (tertiary/aromatic N) is 15. The molecule has 98 heavy (non-hydrogen) atoms. The first-order valence-electron chi connectivity index (χ1n) is 34.7. The molecule has 0 radical (unpaired) electrons. The molecule has 26 nitrogen and oxygen atoms in total. The molecular weight excluding hydrogens is 1300 g/mol. The second-order valence-corrected chi connectivity index (χ2v) is 35.9. The van der Waals surface area contributed by atoms with E-state index in [4.69, 9.17) is 4.74 Å². The quantitative estimate of drug-likeness (QED) is 0.0761. The SMILES string of the molecule is CCS(=O)(=O)N1C[C@H]2C[C@@H](N(C)c3ncnc4[nH]ccc34)C[C@@]2(C)C1.CCS(=O)(=O)N1C[C@H]2C[C@@H](N(C)c3ncnc4[nH]ccc34)C[C@@]2(C)C1.CN(c1ncnc2[nH]ccc12)[C@@H]1C[C@@H]2CN(C(=O)OC(C)(C)C)C[C@]2(C)C1.CN(c1ncnc2[nH]ccc12)[C@@H]1C[C@@H]2CNC[C@]2(C)C1.Cl. The summed E-state index contributed by atoms with van der Waals surface area (Å²) in [6.07, 6.45) is 22.5. The number of hydrogen-bond acceptors (Lipinski definition) is 19. The van der Waals surface area contributed by atoms with Crippen LogP contribution in [0.2, 0.25) is 0 Å². The molecule has 532 valence electrons. The van der Waals surface area contributed by atoms with E-state index in [9.17, 15) is 21.6 Å². The minimum Gasteiger partial charge on any atom is -0.444 e. The summed E-state index contributed by atoms with van der Waals surface area (Å²) in [5.74, 6) is 6.39. The van der Waals surface area contributed by atoms with Gasteiger partial charge in [-0.05, 0) is 162 Å². The summed E-state index contributed by atoms with van der Waals surface area (Å²) in [6.45, 7) is 24.9. The fourth-order valence-electron chi connectivity index (χ4n) is 18.0. The van der Waals surface area contributed by atoms with Crippen molar-refractivity contribution in [1.29, 1.82) is 0 Å². The smallest absolute Gasteiger partial charge is 0.410 e. The van der Waals surface area contributed by atoms with Crippen molar-refractivity contribution in [3.63, 3.8) is 0 Å². The number of halogens is 1. The number of anilines is 4. The van der Waals surface area contributed by atoms with Crippen molar-refractivity contribution >= 4 is 106 Å². The lowest BCUT2D eigenvalue weighted by Crippen LogP contribution is -2.38. The highest BCUT2D eigenvalue weighted by molar-refractivity contribution is 7.89. The molecule has 0 unspecified atom stereocenters. The third-order valence-electron chi connectivity index (χ3n) is 23.8. The third-order valence-corrected chi connectivity index (χ3v) is 27.4. The lowest BCUT2D eigenvalue weighted by molar-refractivity contribution is 0.0269. The number of nitrogens with one attached hydrogen (secondary N) is 5. The van der Waals surface area contributed by atoms with Gasteiger partial charge in [-0.25, -0.2) is 70.1 Å². The standard InChI is InChI=1S/C20H29N5O2.2C17H25N5O2S.C15H21N5.ClH/c1-19(2,3)27-18(26)25-10-13-8-14(9-20(13,4)11-25)24(5)17-15-6-7-21-16(15)22-12-23-17;2*1-4-25(23,24)22-9-12-7-13(8-17(12,2)10-22)21(3)16-14-5-6-18-15(14)19-11-20-16;1-15-6-11(5-10(15)7-16-8-15)20(2)14-12-3-4-17-13(12)18-9-19-14;/h6-7,12-14H,8-11H2,1-5H3,(H,21,22,23);2*5-6,11-13H,4,7-10H2,1-3H3,(H,18,19,20);3-4,9-11,16H,5-8H2,1-2H3,(H,17,18,19);1H/t13-,14-,20+;2*12-,13-,17+;10-,11-,15+;/m1111./s1. The van der Waals surface area contributed by atoms with Crippen LogP contribution in [0.5, 0.6) is 0 Å². The molecule has 0 aromatic carbocycles. The molecular formula is C69H101ClN20O6S2. The largest absolute Gasteiger partial charge is 0.444 e. The number of H-pyrrole nitrogens is 4. The number of likely N-dealkylation sites (tertiary alicyclic amines) is 1. The number of amides is 1. The minimum absolute atomic E-state index is 0. The van der Waals surface area contributed by atoms with Crippen molar-refractivity contribution in [3.05, 3.63) is 74.4 Å². The fraction of sp³-hybridized carbons (Fsp3) is 0.638. The zero-order chi connectivity index (χ0) is 68.8. The third kappa shape index (κ3) is 13.5. The van der Waals surface area contributed by atoms with Gasteiger partial charge in [-0.3, -0.25) is 0 Å². The zero-order valence-corrected chi connectivity index (χ0v) is 61.6. The van der Waals surface area contributed by atoms with Gasteiger partial charge in [0.2, 0.25) is 20.0 Å². The Bertz CT molecular complexity index is 4240. The molecule has 8 fully saturated rings. The van der Waals surface area contributed by atoms with Gasteiger partial charge in [0, 0.05) is 123 Å². The van der Waals surface area contributed by atoms with Crippen LogP contribution in [0.15, 0.2) is 74.4 Å². The Hall–Kier alpha value is -6.98. The summed E-state index contributed by atoms with van der Waals surface area (Å²) in [6, 6.07) is 9.85. The summed E-state index contributed by atoms with van der Waals surface area (Å²) < 4.78 is 57.9. The highest BCUT2D eigenvalue weighted by Gasteiger charge is 2.56. The average molecular weight is 1410 g/mol. The Labute approximate surface area is 582 Å². The molecule has 12 atom stereocenters. The molecule has 4 saturated heterocycles. The minimum atomic E-state index is -3.09. The first kappa shape index (κ1) is 70.9. The number of rotatable bonds is 12. The van der Waals surface area contributed by atoms with Gasteiger partial charge in [0.05, 0.1) is 33.1 Å². The van der Waals surface area contributed by atoms with E-state index in [1.165, 1.54) is 19.4 Å². The second kappa shape index (κ2) is 26.8. The summed E-state index contributed by atoms with van der Waals surface area (Å²) in [4.78, 5) is 71.2. The van der Waals surface area contributed by atoms with E-state index >= 15 is 0 Å². The van der Waals surface area contributed by atoms with Crippen molar-refractivity contribution in [3.8, 4) is 0 Å². The number of carbonyl (C=O) groups is 1.